The molecule has 208 valence electrons. The molecule has 0 aromatic heterocycles. The van der Waals surface area contributed by atoms with Crippen LogP contribution in [0.4, 0.5) is 5.69 Å². The topological polar surface area (TPSA) is 94.2 Å². The third kappa shape index (κ3) is 5.83. The number of para-hydroxylation sites is 1. The number of fused-ring (bicyclic) bond motifs is 1. The van der Waals surface area contributed by atoms with Crippen molar-refractivity contribution < 1.29 is 27.4 Å². The summed E-state index contributed by atoms with van der Waals surface area (Å²) >= 11 is 0. The van der Waals surface area contributed by atoms with E-state index in [1.165, 1.54) is 14.2 Å². The van der Waals surface area contributed by atoms with Crippen LogP contribution in [0, 0.1) is 6.92 Å². The number of methoxy groups -OCH3 is 2. The third-order valence-electron chi connectivity index (χ3n) is 7.37. The van der Waals surface area contributed by atoms with Crippen LogP contribution >= 0.6 is 0 Å². The minimum Gasteiger partial charge on any atom is -0.493 e. The summed E-state index contributed by atoms with van der Waals surface area (Å²) in [4.78, 5) is 13.7. The lowest BCUT2D eigenvalue weighted by molar-refractivity contribution is -0.121. The van der Waals surface area contributed by atoms with Gasteiger partial charge in [0.2, 0.25) is 5.91 Å². The zero-order valence-electron chi connectivity index (χ0n) is 23.1. The summed E-state index contributed by atoms with van der Waals surface area (Å²) in [6.45, 7) is 5.61. The molecule has 1 N–H and O–H groups in total. The molecule has 0 saturated carbocycles. The average molecular weight is 553 g/mol. The van der Waals surface area contributed by atoms with E-state index in [0.29, 0.717) is 17.9 Å². The fourth-order valence-corrected chi connectivity index (χ4v) is 6.35. The summed E-state index contributed by atoms with van der Waals surface area (Å²) in [5.74, 6) is 1.12. The maximum atomic E-state index is 13.9. The molecule has 39 heavy (non-hydrogen) atoms. The summed E-state index contributed by atoms with van der Waals surface area (Å²) < 4.78 is 46.0. The fraction of sp³-hybridized carbons (Fsp3) is 0.367. The molecular formula is C30H36N2O6S. The molecule has 9 heteroatoms. The molecule has 1 heterocycles. The smallest absolute Gasteiger partial charge is 0.264 e. The number of nitrogens with one attached hydrogen (secondary N) is 1. The highest BCUT2D eigenvalue weighted by atomic mass is 32.2. The predicted molar refractivity (Wildman–Crippen MR) is 151 cm³/mol. The number of aryl methyl sites for hydroxylation is 1. The summed E-state index contributed by atoms with van der Waals surface area (Å²) in [5, 5.41) is 3.10. The van der Waals surface area contributed by atoms with Crippen LogP contribution in [0.3, 0.4) is 0 Å². The van der Waals surface area contributed by atoms with E-state index in [2.05, 4.69) is 19.2 Å². The molecule has 0 spiro atoms. The van der Waals surface area contributed by atoms with Gasteiger partial charge in [0.05, 0.1) is 30.8 Å². The first-order valence-electron chi connectivity index (χ1n) is 13.0. The van der Waals surface area contributed by atoms with E-state index >= 15 is 0 Å². The monoisotopic (exact) mass is 552 g/mol. The predicted octanol–water partition coefficient (Wildman–Crippen LogP) is 5.41. The Balaban J connectivity index is 1.70. The normalized spacial score (nSPS) is 16.0. The number of amides is 1. The van der Waals surface area contributed by atoms with E-state index in [9.17, 15) is 13.2 Å². The summed E-state index contributed by atoms with van der Waals surface area (Å²) in [5.41, 5.74) is 1.68. The van der Waals surface area contributed by atoms with Crippen molar-refractivity contribution in [3.63, 3.8) is 0 Å². The number of benzene rings is 3. The van der Waals surface area contributed by atoms with Crippen LogP contribution in [-0.2, 0) is 14.8 Å². The van der Waals surface area contributed by atoms with Gasteiger partial charge in [0, 0.05) is 18.1 Å². The van der Waals surface area contributed by atoms with Gasteiger partial charge in [0.1, 0.15) is 17.9 Å². The van der Waals surface area contributed by atoms with Crippen molar-refractivity contribution in [2.24, 2.45) is 0 Å². The summed E-state index contributed by atoms with van der Waals surface area (Å²) in [6, 6.07) is 18.7. The second-order valence-electron chi connectivity index (χ2n) is 9.72. The zero-order valence-corrected chi connectivity index (χ0v) is 23.9. The van der Waals surface area contributed by atoms with Crippen molar-refractivity contribution >= 4 is 21.6 Å². The van der Waals surface area contributed by atoms with Crippen molar-refractivity contribution in [3.05, 3.63) is 77.9 Å². The lowest BCUT2D eigenvalue weighted by Crippen LogP contribution is -2.47. The lowest BCUT2D eigenvalue weighted by Gasteiger charge is -2.41. The van der Waals surface area contributed by atoms with E-state index in [1.807, 2.05) is 31.2 Å². The van der Waals surface area contributed by atoms with Crippen LogP contribution in [0.2, 0.25) is 0 Å². The molecule has 1 aliphatic heterocycles. The van der Waals surface area contributed by atoms with E-state index < -0.39 is 28.1 Å². The maximum absolute atomic E-state index is 13.9. The van der Waals surface area contributed by atoms with E-state index in [4.69, 9.17) is 14.2 Å². The molecule has 0 radical (unpaired) electrons. The quantitative estimate of drug-likeness (QED) is 0.362. The molecule has 1 amide bonds. The number of rotatable bonds is 10. The highest BCUT2D eigenvalue weighted by Crippen LogP contribution is 2.42. The highest BCUT2D eigenvalue weighted by Gasteiger charge is 2.39. The van der Waals surface area contributed by atoms with Gasteiger partial charge in [0.25, 0.3) is 10.0 Å². The van der Waals surface area contributed by atoms with Gasteiger partial charge >= 0.3 is 0 Å². The van der Waals surface area contributed by atoms with Crippen LogP contribution in [0.25, 0.3) is 0 Å². The standard InChI is InChI=1S/C30H36N2O6S/c1-6-30(7-2)19-25(24-10-8-9-11-26(24)38-30)31-29(33)20-32(22-14-17-27(36-4)28(18-22)37-5)39(34,35)23-15-12-21(3)13-16-23/h8-18,25H,6-7,19-20H2,1-5H3,(H,31,33)/t25-/m1/s1. The van der Waals surface area contributed by atoms with Crippen LogP contribution in [0.1, 0.15) is 50.3 Å². The number of anilines is 1. The highest BCUT2D eigenvalue weighted by molar-refractivity contribution is 7.92. The van der Waals surface area contributed by atoms with Gasteiger partial charge in [-0.1, -0.05) is 49.7 Å². The minimum atomic E-state index is -4.09. The van der Waals surface area contributed by atoms with Crippen molar-refractivity contribution in [3.8, 4) is 17.2 Å². The fourth-order valence-electron chi connectivity index (χ4n) is 4.93. The first-order chi connectivity index (χ1) is 18.7. The Labute approximate surface area is 230 Å². The van der Waals surface area contributed by atoms with Crippen molar-refractivity contribution in [1.82, 2.24) is 5.32 Å². The van der Waals surface area contributed by atoms with Crippen LogP contribution in [-0.4, -0.2) is 40.7 Å². The van der Waals surface area contributed by atoms with Gasteiger partial charge < -0.3 is 19.5 Å². The van der Waals surface area contributed by atoms with E-state index in [1.54, 1.807) is 42.5 Å². The van der Waals surface area contributed by atoms with Gasteiger partial charge in [-0.05, 0) is 50.1 Å². The van der Waals surface area contributed by atoms with Crippen molar-refractivity contribution in [2.45, 2.75) is 56.6 Å². The summed E-state index contributed by atoms with van der Waals surface area (Å²) in [6.07, 6.45) is 2.15. The minimum absolute atomic E-state index is 0.0862. The first kappa shape index (κ1) is 28.3. The number of carbonyl (C=O) groups excluding carboxylic acids is 1. The Morgan fingerprint density at radius 3 is 2.31 bits per heavy atom. The Hall–Kier alpha value is -3.72. The molecule has 1 atom stereocenters. The number of ether oxygens (including phenoxy) is 3. The summed E-state index contributed by atoms with van der Waals surface area (Å²) in [7, 11) is -1.11. The molecule has 0 saturated heterocycles. The Kier molecular flexibility index (Phi) is 8.39. The molecule has 3 aromatic rings. The number of carbonyl (C=O) groups is 1. The third-order valence-corrected chi connectivity index (χ3v) is 9.16. The van der Waals surface area contributed by atoms with Crippen LogP contribution < -0.4 is 23.8 Å². The molecule has 8 nitrogen and oxygen atoms in total. The lowest BCUT2D eigenvalue weighted by atomic mass is 9.83. The molecular weight excluding hydrogens is 516 g/mol. The van der Waals surface area contributed by atoms with Gasteiger partial charge in [-0.15, -0.1) is 0 Å². The van der Waals surface area contributed by atoms with Crippen molar-refractivity contribution in [2.75, 3.05) is 25.1 Å². The number of hydrogen-bond acceptors (Lipinski definition) is 6. The molecule has 4 rings (SSSR count). The van der Waals surface area contributed by atoms with Gasteiger partial charge in [-0.2, -0.15) is 0 Å². The molecule has 0 unspecified atom stereocenters. The Bertz CT molecular complexity index is 1420. The number of nitrogens with zero attached hydrogens (tertiary/aromatic N) is 1. The molecule has 0 bridgehead atoms. The van der Waals surface area contributed by atoms with Gasteiger partial charge in [-0.3, -0.25) is 9.10 Å². The Morgan fingerprint density at radius 1 is 1.00 bits per heavy atom. The average Bonchev–Trinajstić information content (AvgIpc) is 2.95. The van der Waals surface area contributed by atoms with E-state index in [-0.39, 0.29) is 16.6 Å². The molecule has 3 aromatic carbocycles. The van der Waals surface area contributed by atoms with E-state index in [0.717, 1.165) is 34.0 Å². The largest absolute Gasteiger partial charge is 0.493 e. The second kappa shape index (κ2) is 11.6. The first-order valence-corrected chi connectivity index (χ1v) is 14.5. The second-order valence-corrected chi connectivity index (χ2v) is 11.6. The van der Waals surface area contributed by atoms with Crippen LogP contribution in [0.15, 0.2) is 71.6 Å². The Morgan fingerprint density at radius 2 is 1.67 bits per heavy atom. The van der Waals surface area contributed by atoms with Gasteiger partial charge in [0.15, 0.2) is 11.5 Å². The number of hydrogen-bond donors (Lipinski definition) is 1. The molecule has 1 aliphatic rings. The molecule has 0 aliphatic carbocycles. The SMILES string of the molecule is CCC1(CC)C[C@@H](NC(=O)CN(c2ccc(OC)c(OC)c2)S(=O)(=O)c2ccc(C)cc2)c2ccccc2O1. The van der Waals surface area contributed by atoms with Crippen LogP contribution in [0.5, 0.6) is 17.2 Å². The van der Waals surface area contributed by atoms with Gasteiger partial charge in [-0.25, -0.2) is 8.42 Å². The number of sulfonamides is 1. The van der Waals surface area contributed by atoms with Crippen molar-refractivity contribution in [1.29, 1.82) is 0 Å². The maximum Gasteiger partial charge on any atom is 0.264 e. The molecule has 0 fully saturated rings. The zero-order chi connectivity index (χ0) is 28.2.